The Balaban J connectivity index is 2.10. The lowest BCUT2D eigenvalue weighted by atomic mass is 10.2. The van der Waals surface area contributed by atoms with Gasteiger partial charge in [-0.3, -0.25) is 14.5 Å². The summed E-state index contributed by atoms with van der Waals surface area (Å²) < 4.78 is 4.49. The average Bonchev–Trinajstić information content (AvgIpc) is 2.75. The van der Waals surface area contributed by atoms with Gasteiger partial charge >= 0.3 is 11.9 Å². The van der Waals surface area contributed by atoms with Crippen molar-refractivity contribution in [3.8, 4) is 0 Å². The molecule has 0 bridgehead atoms. The third kappa shape index (κ3) is 2.70. The normalized spacial score (nSPS) is 19.2. The van der Waals surface area contributed by atoms with Crippen molar-refractivity contribution in [2.24, 2.45) is 0 Å². The predicted molar refractivity (Wildman–Crippen MR) is 62.6 cm³/mol. The van der Waals surface area contributed by atoms with Crippen molar-refractivity contribution in [2.75, 3.05) is 13.1 Å². The largest absolute Gasteiger partial charge is 0.391 e. The van der Waals surface area contributed by atoms with E-state index < -0.39 is 11.9 Å². The molecule has 0 aromatic carbocycles. The summed E-state index contributed by atoms with van der Waals surface area (Å²) >= 11 is 1.62. The van der Waals surface area contributed by atoms with Crippen LogP contribution in [0.15, 0.2) is 6.20 Å². The molecule has 1 aliphatic heterocycles. The van der Waals surface area contributed by atoms with Crippen LogP contribution in [0, 0.1) is 0 Å². The Morgan fingerprint density at radius 2 is 2.12 bits per heavy atom. The lowest BCUT2D eigenvalue weighted by Gasteiger charge is -2.28. The number of thiazole rings is 1. The van der Waals surface area contributed by atoms with E-state index in [1.54, 1.807) is 16.2 Å². The Hall–Kier alpha value is -1.27. The number of esters is 2. The van der Waals surface area contributed by atoms with Gasteiger partial charge in [-0.25, -0.2) is 4.98 Å². The first-order chi connectivity index (χ1) is 8.10. The van der Waals surface area contributed by atoms with E-state index in [9.17, 15) is 9.59 Å². The molecule has 92 valence electrons. The van der Waals surface area contributed by atoms with Gasteiger partial charge < -0.3 is 4.74 Å². The maximum absolute atomic E-state index is 11.2. The van der Waals surface area contributed by atoms with E-state index in [0.29, 0.717) is 0 Å². The lowest BCUT2D eigenvalue weighted by Crippen LogP contribution is -2.43. The molecule has 0 saturated carbocycles. The van der Waals surface area contributed by atoms with E-state index in [4.69, 9.17) is 0 Å². The molecule has 1 aliphatic rings. The fourth-order valence-corrected chi connectivity index (χ4v) is 2.63. The molecular formula is C11H14N2O3S. The van der Waals surface area contributed by atoms with Crippen LogP contribution in [-0.2, 0) is 20.7 Å². The molecule has 0 radical (unpaired) electrons. The third-order valence-corrected chi connectivity index (χ3v) is 4.03. The third-order valence-electron chi connectivity index (χ3n) is 2.72. The molecule has 1 atom stereocenters. The van der Waals surface area contributed by atoms with Crippen LogP contribution in [0.4, 0.5) is 0 Å². The molecule has 1 saturated heterocycles. The highest BCUT2D eigenvalue weighted by Gasteiger charge is 2.30. The van der Waals surface area contributed by atoms with Gasteiger partial charge in [0.15, 0.2) is 0 Å². The molecule has 6 heteroatoms. The van der Waals surface area contributed by atoms with Gasteiger partial charge in [0.2, 0.25) is 0 Å². The molecule has 2 rings (SSSR count). The second kappa shape index (κ2) is 4.93. The van der Waals surface area contributed by atoms with E-state index in [-0.39, 0.29) is 19.1 Å². The van der Waals surface area contributed by atoms with Crippen molar-refractivity contribution in [1.29, 1.82) is 0 Å². The molecule has 1 aromatic rings. The molecule has 0 N–H and O–H groups in total. The zero-order chi connectivity index (χ0) is 12.4. The molecule has 0 aliphatic carbocycles. The van der Waals surface area contributed by atoms with Crippen LogP contribution < -0.4 is 0 Å². The molecule has 1 aromatic heterocycles. The van der Waals surface area contributed by atoms with Crippen LogP contribution in [-0.4, -0.2) is 34.9 Å². The number of nitrogens with zero attached hydrogens (tertiary/aromatic N) is 2. The van der Waals surface area contributed by atoms with Gasteiger partial charge in [0.1, 0.15) is 5.01 Å². The highest BCUT2D eigenvalue weighted by atomic mass is 32.1. The van der Waals surface area contributed by atoms with Crippen molar-refractivity contribution >= 4 is 23.3 Å². The van der Waals surface area contributed by atoms with Crippen molar-refractivity contribution < 1.29 is 14.3 Å². The number of ether oxygens (including phenoxy) is 1. The van der Waals surface area contributed by atoms with Crippen LogP contribution in [0.5, 0.6) is 0 Å². The number of aryl methyl sites for hydroxylation is 1. The van der Waals surface area contributed by atoms with Crippen LogP contribution in [0.25, 0.3) is 0 Å². The molecule has 0 amide bonds. The van der Waals surface area contributed by atoms with E-state index in [1.165, 1.54) is 4.88 Å². The highest BCUT2D eigenvalue weighted by molar-refractivity contribution is 7.11. The van der Waals surface area contributed by atoms with Gasteiger partial charge in [-0.2, -0.15) is 0 Å². The maximum Gasteiger partial charge on any atom is 0.327 e. The van der Waals surface area contributed by atoms with Crippen molar-refractivity contribution in [3.05, 3.63) is 16.1 Å². The zero-order valence-electron chi connectivity index (χ0n) is 9.80. The second-order valence-corrected chi connectivity index (χ2v) is 5.09. The SMILES string of the molecule is CCc1cnc(C(C)N2CC(=O)OC(=O)C2)s1. The summed E-state index contributed by atoms with van der Waals surface area (Å²) in [7, 11) is 0. The molecule has 17 heavy (non-hydrogen) atoms. The summed E-state index contributed by atoms with van der Waals surface area (Å²) in [5.74, 6) is -0.972. The van der Waals surface area contributed by atoms with Gasteiger partial charge in [0.05, 0.1) is 19.1 Å². The fourth-order valence-electron chi connectivity index (χ4n) is 1.69. The molecule has 1 fully saturated rings. The Morgan fingerprint density at radius 3 is 2.65 bits per heavy atom. The minimum absolute atomic E-state index is 0.0305. The average molecular weight is 254 g/mol. The molecular weight excluding hydrogens is 240 g/mol. The van der Waals surface area contributed by atoms with E-state index in [2.05, 4.69) is 16.6 Å². The molecule has 1 unspecified atom stereocenters. The summed E-state index contributed by atoms with van der Waals surface area (Å²) in [6.45, 7) is 4.32. The number of cyclic esters (lactones) is 2. The minimum atomic E-state index is -0.486. The zero-order valence-corrected chi connectivity index (χ0v) is 10.6. The van der Waals surface area contributed by atoms with E-state index in [1.807, 2.05) is 13.1 Å². The van der Waals surface area contributed by atoms with Gasteiger partial charge in [-0.05, 0) is 13.3 Å². The van der Waals surface area contributed by atoms with Crippen LogP contribution in [0.1, 0.15) is 29.8 Å². The number of morpholine rings is 1. The molecule has 2 heterocycles. The first-order valence-electron chi connectivity index (χ1n) is 5.52. The Morgan fingerprint density at radius 1 is 1.47 bits per heavy atom. The smallest absolute Gasteiger partial charge is 0.327 e. The van der Waals surface area contributed by atoms with Gasteiger partial charge in [0, 0.05) is 11.1 Å². The van der Waals surface area contributed by atoms with E-state index in [0.717, 1.165) is 11.4 Å². The Bertz CT molecular complexity index is 428. The summed E-state index contributed by atoms with van der Waals surface area (Å²) in [6, 6.07) is -0.0305. The van der Waals surface area contributed by atoms with E-state index >= 15 is 0 Å². The summed E-state index contributed by atoms with van der Waals surface area (Å²) in [6.07, 6.45) is 2.80. The molecule has 5 nitrogen and oxygen atoms in total. The van der Waals surface area contributed by atoms with Gasteiger partial charge in [-0.1, -0.05) is 6.92 Å². The number of rotatable bonds is 3. The van der Waals surface area contributed by atoms with Crippen LogP contribution in [0.3, 0.4) is 0 Å². The molecule has 0 spiro atoms. The Labute approximate surface area is 103 Å². The number of hydrogen-bond acceptors (Lipinski definition) is 6. The minimum Gasteiger partial charge on any atom is -0.391 e. The quantitative estimate of drug-likeness (QED) is 0.598. The number of hydrogen-bond donors (Lipinski definition) is 0. The standard InChI is InChI=1S/C11H14N2O3S/c1-3-8-4-12-11(17-8)7(2)13-5-9(14)16-10(15)6-13/h4,7H,3,5-6H2,1-2H3. The summed E-state index contributed by atoms with van der Waals surface area (Å²) in [5.41, 5.74) is 0. The monoisotopic (exact) mass is 254 g/mol. The highest BCUT2D eigenvalue weighted by Crippen LogP contribution is 2.26. The topological polar surface area (TPSA) is 59.5 Å². The summed E-state index contributed by atoms with van der Waals surface area (Å²) in [4.78, 5) is 29.7. The predicted octanol–water partition coefficient (Wildman–Crippen LogP) is 1.15. The fraction of sp³-hybridized carbons (Fsp3) is 0.545. The lowest BCUT2D eigenvalue weighted by molar-refractivity contribution is -0.167. The van der Waals surface area contributed by atoms with Crippen molar-refractivity contribution in [2.45, 2.75) is 26.3 Å². The van der Waals surface area contributed by atoms with Gasteiger partial charge in [0.25, 0.3) is 0 Å². The first kappa shape index (κ1) is 12.2. The Kier molecular flexibility index (Phi) is 3.54. The number of aromatic nitrogens is 1. The summed E-state index contributed by atoms with van der Waals surface area (Å²) in [5, 5.41) is 0.935. The van der Waals surface area contributed by atoms with Gasteiger partial charge in [-0.15, -0.1) is 11.3 Å². The van der Waals surface area contributed by atoms with Crippen LogP contribution in [0.2, 0.25) is 0 Å². The maximum atomic E-state index is 11.2. The van der Waals surface area contributed by atoms with Crippen molar-refractivity contribution in [1.82, 2.24) is 9.88 Å². The number of carbonyl (C=O) groups excluding carboxylic acids is 2. The number of carbonyl (C=O) groups is 2. The van der Waals surface area contributed by atoms with Crippen LogP contribution >= 0.6 is 11.3 Å². The first-order valence-corrected chi connectivity index (χ1v) is 6.34. The second-order valence-electron chi connectivity index (χ2n) is 3.95. The van der Waals surface area contributed by atoms with Crippen molar-refractivity contribution in [3.63, 3.8) is 0 Å².